The van der Waals surface area contributed by atoms with Gasteiger partial charge in [-0.1, -0.05) is 12.1 Å². The van der Waals surface area contributed by atoms with Gasteiger partial charge >= 0.3 is 0 Å². The van der Waals surface area contributed by atoms with Gasteiger partial charge in [0.2, 0.25) is 0 Å². The number of aromatic hydroxyl groups is 1. The molecule has 1 saturated heterocycles. The van der Waals surface area contributed by atoms with Crippen LogP contribution < -0.4 is 0 Å². The molecule has 0 bridgehead atoms. The van der Waals surface area contributed by atoms with E-state index in [4.69, 9.17) is 4.74 Å². The Bertz CT molecular complexity index is 1370. The highest BCUT2D eigenvalue weighted by Gasteiger charge is 2.36. The molecule has 35 heavy (non-hydrogen) atoms. The molecule has 4 aromatic rings. The second-order valence-electron chi connectivity index (χ2n) is 8.15. The highest BCUT2D eigenvalue weighted by molar-refractivity contribution is 5.80. The van der Waals surface area contributed by atoms with Crippen LogP contribution in [-0.4, -0.2) is 38.8 Å². The van der Waals surface area contributed by atoms with E-state index in [9.17, 15) is 23.1 Å². The van der Waals surface area contributed by atoms with Crippen molar-refractivity contribution in [2.45, 2.75) is 12.6 Å². The number of nitrogens with zero attached hydrogens (tertiary/aromatic N) is 3. The van der Waals surface area contributed by atoms with Gasteiger partial charge in [0.05, 0.1) is 5.69 Å². The second kappa shape index (κ2) is 9.27. The van der Waals surface area contributed by atoms with Crippen molar-refractivity contribution in [3.8, 4) is 22.7 Å². The van der Waals surface area contributed by atoms with Crippen molar-refractivity contribution >= 4 is 5.91 Å². The van der Waals surface area contributed by atoms with Gasteiger partial charge in [0.25, 0.3) is 5.91 Å². The lowest BCUT2D eigenvalue weighted by atomic mass is 10.1. The summed E-state index contributed by atoms with van der Waals surface area (Å²) in [4.78, 5) is 14.3. The maximum Gasteiger partial charge on any atom is 0.250 e. The number of phenols is 1. The Balaban J connectivity index is 1.52. The van der Waals surface area contributed by atoms with Gasteiger partial charge in [-0.15, -0.1) is 0 Å². The molecule has 5 rings (SSSR count). The van der Waals surface area contributed by atoms with Crippen LogP contribution in [0, 0.1) is 17.5 Å². The van der Waals surface area contributed by atoms with E-state index in [0.717, 1.165) is 17.7 Å². The fraction of sp³-hybridized carbons (Fsp3) is 0.154. The van der Waals surface area contributed by atoms with Crippen LogP contribution in [-0.2, 0) is 16.0 Å². The number of carbonyl (C=O) groups is 1. The Kier molecular flexibility index (Phi) is 6.00. The highest BCUT2D eigenvalue weighted by Crippen LogP contribution is 2.35. The highest BCUT2D eigenvalue weighted by atomic mass is 19.2. The largest absolute Gasteiger partial charge is 0.508 e. The molecular weight excluding hydrogens is 459 g/mol. The summed E-state index contributed by atoms with van der Waals surface area (Å²) in [6.07, 6.45) is 1.34. The zero-order chi connectivity index (χ0) is 24.5. The summed E-state index contributed by atoms with van der Waals surface area (Å²) in [5, 5.41) is 14.0. The van der Waals surface area contributed by atoms with Crippen LogP contribution in [0.15, 0.2) is 72.9 Å². The Morgan fingerprint density at radius 1 is 0.971 bits per heavy atom. The molecule has 3 aromatic carbocycles. The van der Waals surface area contributed by atoms with Gasteiger partial charge in [-0.3, -0.25) is 4.79 Å². The number of amides is 1. The van der Waals surface area contributed by atoms with Crippen molar-refractivity contribution < 1.29 is 27.8 Å². The van der Waals surface area contributed by atoms with Gasteiger partial charge in [0.1, 0.15) is 23.9 Å². The molecule has 0 spiro atoms. The van der Waals surface area contributed by atoms with Crippen LogP contribution in [0.4, 0.5) is 13.2 Å². The van der Waals surface area contributed by atoms with E-state index in [2.05, 4.69) is 5.10 Å². The predicted octanol–water partition coefficient (Wildman–Crippen LogP) is 4.76. The minimum Gasteiger partial charge on any atom is -0.508 e. The van der Waals surface area contributed by atoms with Crippen molar-refractivity contribution in [1.82, 2.24) is 14.7 Å². The van der Waals surface area contributed by atoms with Gasteiger partial charge in [0.15, 0.2) is 17.9 Å². The van der Waals surface area contributed by atoms with E-state index in [0.29, 0.717) is 29.8 Å². The first-order chi connectivity index (χ1) is 16.9. The summed E-state index contributed by atoms with van der Waals surface area (Å²) in [5.74, 6) is -2.48. The molecule has 9 heteroatoms. The fourth-order valence-corrected chi connectivity index (χ4v) is 4.03. The first-order valence-electron chi connectivity index (χ1n) is 10.9. The third kappa shape index (κ3) is 4.63. The molecule has 1 amide bonds. The molecule has 1 atom stereocenters. The third-order valence-corrected chi connectivity index (χ3v) is 5.84. The number of phenolic OH excluding ortho intramolecular Hbond substituents is 1. The standard InChI is InChI=1S/C26H20F3N3O3/c27-18-5-3-17(4-6-18)25-21(14-32(30-25)19-7-10-22(28)23(29)13-19)26-31(24(34)15-35-26)12-11-16-1-8-20(33)9-2-16/h1-10,13-14,26,33H,11-12,15H2. The van der Waals surface area contributed by atoms with Crippen LogP contribution in [0.2, 0.25) is 0 Å². The van der Waals surface area contributed by atoms with Crippen LogP contribution in [0.5, 0.6) is 5.75 Å². The fourth-order valence-electron chi connectivity index (χ4n) is 4.03. The zero-order valence-electron chi connectivity index (χ0n) is 18.4. The molecule has 1 fully saturated rings. The second-order valence-corrected chi connectivity index (χ2v) is 8.15. The quantitative estimate of drug-likeness (QED) is 0.433. The summed E-state index contributed by atoms with van der Waals surface area (Å²) in [5.41, 5.74) is 2.72. The number of hydrogen-bond acceptors (Lipinski definition) is 4. The lowest BCUT2D eigenvalue weighted by molar-refractivity contribution is -0.128. The number of rotatable bonds is 6. The number of hydrogen-bond donors (Lipinski definition) is 1. The molecule has 1 aliphatic heterocycles. The first kappa shape index (κ1) is 22.7. The molecular formula is C26H20F3N3O3. The lowest BCUT2D eigenvalue weighted by Crippen LogP contribution is -2.30. The molecule has 1 unspecified atom stereocenters. The molecule has 6 nitrogen and oxygen atoms in total. The Morgan fingerprint density at radius 2 is 1.71 bits per heavy atom. The van der Waals surface area contributed by atoms with Crippen LogP contribution >= 0.6 is 0 Å². The summed E-state index contributed by atoms with van der Waals surface area (Å²) >= 11 is 0. The number of ether oxygens (including phenoxy) is 1. The maximum atomic E-state index is 13.9. The molecule has 0 aliphatic carbocycles. The summed E-state index contributed by atoms with van der Waals surface area (Å²) in [6, 6.07) is 15.8. The average molecular weight is 479 g/mol. The molecule has 0 saturated carbocycles. The Hall–Kier alpha value is -4.11. The topological polar surface area (TPSA) is 67.6 Å². The summed E-state index contributed by atoms with van der Waals surface area (Å²) < 4.78 is 48.1. The van der Waals surface area contributed by atoms with Gasteiger partial charge in [-0.05, 0) is 60.5 Å². The summed E-state index contributed by atoms with van der Waals surface area (Å²) in [7, 11) is 0. The number of carbonyl (C=O) groups excluding carboxylic acids is 1. The number of halogens is 3. The van der Waals surface area contributed by atoms with E-state index < -0.39 is 23.7 Å². The number of benzene rings is 3. The summed E-state index contributed by atoms with van der Waals surface area (Å²) in [6.45, 7) is 0.215. The van der Waals surface area contributed by atoms with Crippen molar-refractivity contribution in [3.05, 3.63) is 102 Å². The van der Waals surface area contributed by atoms with Crippen molar-refractivity contribution in [3.63, 3.8) is 0 Å². The minimum absolute atomic E-state index is 0.126. The molecule has 2 heterocycles. The van der Waals surface area contributed by atoms with Crippen molar-refractivity contribution in [2.75, 3.05) is 13.2 Å². The van der Waals surface area contributed by atoms with Crippen LogP contribution in [0.1, 0.15) is 17.4 Å². The molecule has 1 aromatic heterocycles. The molecule has 1 N–H and O–H groups in total. The molecule has 0 radical (unpaired) electrons. The van der Waals surface area contributed by atoms with Crippen LogP contribution in [0.3, 0.4) is 0 Å². The van der Waals surface area contributed by atoms with Gasteiger partial charge in [-0.2, -0.15) is 5.10 Å². The van der Waals surface area contributed by atoms with E-state index >= 15 is 0 Å². The van der Waals surface area contributed by atoms with Crippen LogP contribution in [0.25, 0.3) is 16.9 Å². The zero-order valence-corrected chi connectivity index (χ0v) is 18.4. The SMILES string of the molecule is O=C1COC(c2cn(-c3ccc(F)c(F)c3)nc2-c2ccc(F)cc2)N1CCc1ccc(O)cc1. The van der Waals surface area contributed by atoms with E-state index in [1.807, 2.05) is 0 Å². The van der Waals surface area contributed by atoms with Gasteiger partial charge in [0, 0.05) is 29.9 Å². The van der Waals surface area contributed by atoms with Crippen molar-refractivity contribution in [1.29, 1.82) is 0 Å². The molecule has 178 valence electrons. The predicted molar refractivity (Wildman–Crippen MR) is 121 cm³/mol. The molecule has 1 aliphatic rings. The van der Waals surface area contributed by atoms with Gasteiger partial charge in [-0.25, -0.2) is 17.9 Å². The van der Waals surface area contributed by atoms with Gasteiger partial charge < -0.3 is 14.7 Å². The van der Waals surface area contributed by atoms with Crippen molar-refractivity contribution in [2.24, 2.45) is 0 Å². The number of aromatic nitrogens is 2. The smallest absolute Gasteiger partial charge is 0.250 e. The minimum atomic E-state index is -1.02. The lowest BCUT2D eigenvalue weighted by Gasteiger charge is -2.23. The third-order valence-electron chi connectivity index (χ3n) is 5.84. The monoisotopic (exact) mass is 479 g/mol. The van der Waals surface area contributed by atoms with E-state index in [-0.39, 0.29) is 24.0 Å². The van der Waals surface area contributed by atoms with E-state index in [1.165, 1.54) is 22.9 Å². The first-order valence-corrected chi connectivity index (χ1v) is 10.9. The maximum absolute atomic E-state index is 13.9. The Morgan fingerprint density at radius 3 is 2.43 bits per heavy atom. The Labute approximate surface area is 198 Å². The van der Waals surface area contributed by atoms with E-state index in [1.54, 1.807) is 47.5 Å². The average Bonchev–Trinajstić information content (AvgIpc) is 3.44. The normalized spacial score (nSPS) is 15.7.